The number of benzene rings is 1. The second-order valence-electron chi connectivity index (χ2n) is 4.70. The summed E-state index contributed by atoms with van der Waals surface area (Å²) in [7, 11) is 0. The maximum Gasteiger partial charge on any atom is 0.286 e. The molecule has 0 unspecified atom stereocenters. The quantitative estimate of drug-likeness (QED) is 0.399. The van der Waals surface area contributed by atoms with Crippen LogP contribution in [0, 0.1) is 10.1 Å². The number of fused-ring (bicyclic) bond motifs is 1. The molecule has 9 nitrogen and oxygen atoms in total. The maximum absolute atomic E-state index is 12.3. The third-order valence-corrected chi connectivity index (χ3v) is 4.24. The van der Waals surface area contributed by atoms with Crippen molar-refractivity contribution in [3.8, 4) is 5.88 Å². The van der Waals surface area contributed by atoms with Gasteiger partial charge in [0, 0.05) is 24.4 Å². The Hall–Kier alpha value is -2.75. The molecule has 1 N–H and O–H groups in total. The third kappa shape index (κ3) is 3.06. The molecular weight excluding hydrogens is 322 g/mol. The largest absolute Gasteiger partial charge is 0.491 e. The number of non-ortho nitro benzene ring substituents is 1. The molecule has 0 spiro atoms. The number of hydrogen-bond acceptors (Lipinski definition) is 8. The Morgan fingerprint density at radius 1 is 1.30 bits per heavy atom. The van der Waals surface area contributed by atoms with E-state index >= 15 is 0 Å². The average Bonchev–Trinajstić information content (AvgIpc) is 2.55. The highest BCUT2D eigenvalue weighted by Gasteiger charge is 2.19. The van der Waals surface area contributed by atoms with E-state index in [1.807, 2.05) is 0 Å². The van der Waals surface area contributed by atoms with Crippen LogP contribution in [0.2, 0.25) is 0 Å². The first kappa shape index (κ1) is 15.2. The summed E-state index contributed by atoms with van der Waals surface area (Å²) < 4.78 is 1.46. The van der Waals surface area contributed by atoms with Gasteiger partial charge in [0.1, 0.15) is 0 Å². The second-order valence-corrected chi connectivity index (χ2v) is 5.76. The van der Waals surface area contributed by atoms with E-state index in [1.54, 1.807) is 0 Å². The highest BCUT2D eigenvalue weighted by molar-refractivity contribution is 7.99. The number of aromatic nitrogens is 2. The molecule has 0 bridgehead atoms. The predicted octanol–water partition coefficient (Wildman–Crippen LogP) is 2.77. The molecule has 2 aromatic rings. The molecule has 1 aromatic carbocycles. The monoisotopic (exact) mass is 333 g/mol. The van der Waals surface area contributed by atoms with E-state index in [-0.39, 0.29) is 11.4 Å². The second kappa shape index (κ2) is 6.16. The fourth-order valence-corrected chi connectivity index (χ4v) is 2.98. The molecule has 0 aliphatic carbocycles. The summed E-state index contributed by atoms with van der Waals surface area (Å²) in [5.41, 5.74) is -0.439. The number of nitro benzene ring substituents is 1. The van der Waals surface area contributed by atoms with E-state index in [0.717, 1.165) is 12.2 Å². The summed E-state index contributed by atoms with van der Waals surface area (Å²) >= 11 is 1.40. The van der Waals surface area contributed by atoms with Crippen molar-refractivity contribution in [1.29, 1.82) is 0 Å². The van der Waals surface area contributed by atoms with Gasteiger partial charge in [-0.15, -0.1) is 5.11 Å². The number of hydrogen-bond donors (Lipinski definition) is 1. The molecule has 2 heterocycles. The van der Waals surface area contributed by atoms with Crippen LogP contribution in [0.25, 0.3) is 0 Å². The van der Waals surface area contributed by atoms with E-state index in [1.165, 1.54) is 40.6 Å². The summed E-state index contributed by atoms with van der Waals surface area (Å²) in [6.07, 6.45) is 0.836. The van der Waals surface area contributed by atoms with Crippen molar-refractivity contribution in [2.45, 2.75) is 18.1 Å². The SMILES string of the molecule is O=c1c(N=Nc2ccc([N+](=O)[O-])cc2)c(O)nc2n1CCCS2. The maximum atomic E-state index is 12.3. The molecule has 0 atom stereocenters. The van der Waals surface area contributed by atoms with Gasteiger partial charge in [-0.2, -0.15) is 10.1 Å². The molecular formula is C13H11N5O4S. The van der Waals surface area contributed by atoms with Crippen LogP contribution in [-0.2, 0) is 6.54 Å². The Kier molecular flexibility index (Phi) is 4.06. The van der Waals surface area contributed by atoms with E-state index < -0.39 is 16.4 Å². The van der Waals surface area contributed by atoms with Crippen LogP contribution in [0.4, 0.5) is 17.1 Å². The molecule has 0 amide bonds. The number of thioether (sulfide) groups is 1. The summed E-state index contributed by atoms with van der Waals surface area (Å²) in [4.78, 5) is 26.3. The fourth-order valence-electron chi connectivity index (χ4n) is 2.04. The normalized spacial score (nSPS) is 13.9. The van der Waals surface area contributed by atoms with Crippen molar-refractivity contribution < 1.29 is 10.0 Å². The summed E-state index contributed by atoms with van der Waals surface area (Å²) in [5, 5.41) is 28.5. The topological polar surface area (TPSA) is 123 Å². The van der Waals surface area contributed by atoms with Gasteiger partial charge in [-0.25, -0.2) is 0 Å². The molecule has 23 heavy (non-hydrogen) atoms. The number of nitro groups is 1. The summed E-state index contributed by atoms with van der Waals surface area (Å²) in [6, 6.07) is 5.36. The minimum Gasteiger partial charge on any atom is -0.491 e. The van der Waals surface area contributed by atoms with Crippen molar-refractivity contribution in [3.63, 3.8) is 0 Å². The van der Waals surface area contributed by atoms with Gasteiger partial charge in [0.05, 0.1) is 10.6 Å². The van der Waals surface area contributed by atoms with Gasteiger partial charge in [0.2, 0.25) is 11.6 Å². The van der Waals surface area contributed by atoms with Gasteiger partial charge in [0.25, 0.3) is 11.2 Å². The van der Waals surface area contributed by atoms with Crippen LogP contribution in [0.3, 0.4) is 0 Å². The van der Waals surface area contributed by atoms with Crippen molar-refractivity contribution in [2.75, 3.05) is 5.75 Å². The van der Waals surface area contributed by atoms with Crippen LogP contribution in [0.1, 0.15) is 6.42 Å². The van der Waals surface area contributed by atoms with E-state index in [0.29, 0.717) is 17.4 Å². The molecule has 10 heteroatoms. The van der Waals surface area contributed by atoms with Crippen molar-refractivity contribution >= 4 is 28.8 Å². The lowest BCUT2D eigenvalue weighted by Gasteiger charge is -2.16. The van der Waals surface area contributed by atoms with Gasteiger partial charge in [-0.3, -0.25) is 19.5 Å². The molecule has 0 radical (unpaired) electrons. The van der Waals surface area contributed by atoms with Gasteiger partial charge >= 0.3 is 0 Å². The average molecular weight is 333 g/mol. The molecule has 1 aliphatic heterocycles. The van der Waals surface area contributed by atoms with Crippen LogP contribution in [0.15, 0.2) is 44.4 Å². The van der Waals surface area contributed by atoms with E-state index in [9.17, 15) is 20.0 Å². The van der Waals surface area contributed by atoms with Crippen LogP contribution in [0.5, 0.6) is 5.88 Å². The Labute approximate surface area is 133 Å². The zero-order chi connectivity index (χ0) is 16.4. The smallest absolute Gasteiger partial charge is 0.286 e. The minimum absolute atomic E-state index is 0.0701. The number of aromatic hydroxyl groups is 1. The van der Waals surface area contributed by atoms with Crippen LogP contribution in [-0.4, -0.2) is 25.3 Å². The first-order valence-electron chi connectivity index (χ1n) is 6.69. The summed E-state index contributed by atoms with van der Waals surface area (Å²) in [5.74, 6) is 0.372. The molecule has 1 aromatic heterocycles. The van der Waals surface area contributed by atoms with Crippen LogP contribution >= 0.6 is 11.8 Å². The van der Waals surface area contributed by atoms with Crippen LogP contribution < -0.4 is 5.56 Å². The fraction of sp³-hybridized carbons (Fsp3) is 0.231. The standard InChI is InChI=1S/C13H11N5O4S/c19-11-10(12(20)17-6-1-7-23-13(17)14-11)16-15-8-2-4-9(5-3-8)18(21)22/h2-5,19H,1,6-7H2. The molecule has 118 valence electrons. The molecule has 3 rings (SSSR count). The Morgan fingerprint density at radius 2 is 2.04 bits per heavy atom. The van der Waals surface area contributed by atoms with Gasteiger partial charge in [-0.1, -0.05) is 11.8 Å². The lowest BCUT2D eigenvalue weighted by molar-refractivity contribution is -0.384. The van der Waals surface area contributed by atoms with E-state index in [2.05, 4.69) is 15.2 Å². The molecule has 0 saturated carbocycles. The molecule has 1 aliphatic rings. The first-order valence-corrected chi connectivity index (χ1v) is 7.67. The zero-order valence-corrected chi connectivity index (χ0v) is 12.6. The predicted molar refractivity (Wildman–Crippen MR) is 82.8 cm³/mol. The Balaban J connectivity index is 1.93. The molecule has 0 fully saturated rings. The van der Waals surface area contributed by atoms with Crippen molar-refractivity contribution in [2.24, 2.45) is 10.2 Å². The van der Waals surface area contributed by atoms with E-state index in [4.69, 9.17) is 0 Å². The number of nitrogens with zero attached hydrogens (tertiary/aromatic N) is 5. The Bertz CT molecular complexity index is 847. The molecule has 0 saturated heterocycles. The van der Waals surface area contributed by atoms with Gasteiger partial charge in [0.15, 0.2) is 5.16 Å². The summed E-state index contributed by atoms with van der Waals surface area (Å²) in [6.45, 7) is 0.522. The Morgan fingerprint density at radius 3 is 2.74 bits per heavy atom. The number of azo groups is 1. The zero-order valence-electron chi connectivity index (χ0n) is 11.7. The lowest BCUT2D eigenvalue weighted by atomic mass is 10.3. The highest BCUT2D eigenvalue weighted by Crippen LogP contribution is 2.28. The highest BCUT2D eigenvalue weighted by atomic mass is 32.2. The third-order valence-electron chi connectivity index (χ3n) is 3.18. The first-order chi connectivity index (χ1) is 11.1. The lowest BCUT2D eigenvalue weighted by Crippen LogP contribution is -2.25. The minimum atomic E-state index is -0.524. The van der Waals surface area contributed by atoms with Gasteiger partial charge < -0.3 is 5.11 Å². The van der Waals surface area contributed by atoms with Crippen molar-refractivity contribution in [1.82, 2.24) is 9.55 Å². The number of rotatable bonds is 3. The van der Waals surface area contributed by atoms with Gasteiger partial charge in [-0.05, 0) is 18.6 Å². The van der Waals surface area contributed by atoms with Crippen molar-refractivity contribution in [3.05, 3.63) is 44.7 Å².